The smallest absolute Gasteiger partial charge is 0.337 e. The quantitative estimate of drug-likeness (QED) is 0.909. The second kappa shape index (κ2) is 4.70. The fourth-order valence-corrected chi connectivity index (χ4v) is 1.63. The van der Waals surface area contributed by atoms with Gasteiger partial charge in [0, 0.05) is 11.8 Å². The molecule has 2 aromatic rings. The molecule has 3 nitrogen and oxygen atoms in total. The van der Waals surface area contributed by atoms with Gasteiger partial charge < -0.3 is 5.11 Å². The Hall–Kier alpha value is -2.01. The number of hydrogen-bond donors (Lipinski definition) is 1. The molecule has 0 aliphatic heterocycles. The van der Waals surface area contributed by atoms with Gasteiger partial charge in [0.05, 0.1) is 16.3 Å². The average Bonchev–Trinajstić information content (AvgIpc) is 2.33. The predicted molar refractivity (Wildman–Crippen MR) is 61.6 cm³/mol. The van der Waals surface area contributed by atoms with E-state index in [0.717, 1.165) is 30.5 Å². The Morgan fingerprint density at radius 2 is 2.00 bits per heavy atom. The number of nitrogens with zero attached hydrogens (tertiary/aromatic N) is 1. The van der Waals surface area contributed by atoms with Gasteiger partial charge in [0.15, 0.2) is 0 Å². The molecule has 0 spiro atoms. The summed E-state index contributed by atoms with van der Waals surface area (Å²) in [4.78, 5) is 14.7. The molecule has 0 saturated carbocycles. The minimum Gasteiger partial charge on any atom is -0.478 e. The lowest BCUT2D eigenvalue weighted by atomic mass is 10.1. The van der Waals surface area contributed by atoms with Gasteiger partial charge in [0.25, 0.3) is 0 Å². The van der Waals surface area contributed by atoms with Crippen molar-refractivity contribution in [2.75, 3.05) is 0 Å². The van der Waals surface area contributed by atoms with Gasteiger partial charge >= 0.3 is 5.97 Å². The van der Waals surface area contributed by atoms with Crippen LogP contribution in [0.1, 0.15) is 10.4 Å². The molecule has 0 fully saturated rings. The topological polar surface area (TPSA) is 50.2 Å². The third-order valence-corrected chi connectivity index (χ3v) is 2.59. The molecular weight excluding hydrogens is 264 g/mol. The van der Waals surface area contributed by atoms with Crippen LogP contribution in [0.3, 0.4) is 0 Å². The normalized spacial score (nSPS) is 10.4. The maximum absolute atomic E-state index is 13.5. The van der Waals surface area contributed by atoms with Crippen LogP contribution in [0.25, 0.3) is 11.3 Å². The molecule has 1 aromatic heterocycles. The molecule has 0 saturated heterocycles. The number of carboxylic acids is 1. The van der Waals surface area contributed by atoms with Crippen LogP contribution in [-0.2, 0) is 0 Å². The molecule has 1 N–H and O–H groups in total. The maximum Gasteiger partial charge on any atom is 0.337 e. The largest absolute Gasteiger partial charge is 0.478 e. The number of carbonyl (C=O) groups is 1. The molecule has 0 atom stereocenters. The van der Waals surface area contributed by atoms with E-state index in [9.17, 15) is 13.6 Å². The van der Waals surface area contributed by atoms with Crippen molar-refractivity contribution in [2.24, 2.45) is 0 Å². The zero-order valence-electron chi connectivity index (χ0n) is 8.82. The molecular formula is C12H6ClF2NO2. The van der Waals surface area contributed by atoms with E-state index >= 15 is 0 Å². The van der Waals surface area contributed by atoms with Gasteiger partial charge in [-0.2, -0.15) is 0 Å². The summed E-state index contributed by atoms with van der Waals surface area (Å²) >= 11 is 5.64. The first-order valence-electron chi connectivity index (χ1n) is 4.83. The Balaban J connectivity index is 2.61. The van der Waals surface area contributed by atoms with Crippen LogP contribution in [0.2, 0.25) is 5.02 Å². The van der Waals surface area contributed by atoms with Crippen molar-refractivity contribution in [1.29, 1.82) is 0 Å². The third kappa shape index (κ3) is 2.31. The zero-order valence-corrected chi connectivity index (χ0v) is 9.58. The molecule has 0 radical (unpaired) electrons. The van der Waals surface area contributed by atoms with Gasteiger partial charge in [-0.3, -0.25) is 4.98 Å². The van der Waals surface area contributed by atoms with E-state index in [1.807, 2.05) is 0 Å². The van der Waals surface area contributed by atoms with Crippen LogP contribution in [0.4, 0.5) is 8.78 Å². The van der Waals surface area contributed by atoms with E-state index in [1.54, 1.807) is 0 Å². The summed E-state index contributed by atoms with van der Waals surface area (Å²) < 4.78 is 26.5. The van der Waals surface area contributed by atoms with E-state index in [0.29, 0.717) is 0 Å². The van der Waals surface area contributed by atoms with Crippen molar-refractivity contribution in [1.82, 2.24) is 4.98 Å². The Morgan fingerprint density at radius 3 is 2.67 bits per heavy atom. The minimum absolute atomic E-state index is 0.00815. The standard InChI is InChI=1S/C12H6ClF2NO2/c13-9-5-16-11(4-7(9)12(17)18)8-3-6(14)1-2-10(8)15/h1-5H,(H,17,18). The first-order valence-corrected chi connectivity index (χ1v) is 5.21. The predicted octanol–water partition coefficient (Wildman–Crippen LogP) is 3.38. The molecule has 0 unspecified atom stereocenters. The first-order chi connectivity index (χ1) is 8.49. The number of hydrogen-bond acceptors (Lipinski definition) is 2. The second-order valence-corrected chi connectivity index (χ2v) is 3.89. The van der Waals surface area contributed by atoms with E-state index < -0.39 is 17.6 Å². The van der Waals surface area contributed by atoms with Crippen LogP contribution in [-0.4, -0.2) is 16.1 Å². The van der Waals surface area contributed by atoms with Crippen molar-refractivity contribution < 1.29 is 18.7 Å². The Morgan fingerprint density at radius 1 is 1.28 bits per heavy atom. The number of carboxylic acid groups (broad SMARTS) is 1. The lowest BCUT2D eigenvalue weighted by molar-refractivity contribution is 0.0697. The van der Waals surface area contributed by atoms with Gasteiger partial charge in [0.2, 0.25) is 0 Å². The fourth-order valence-electron chi connectivity index (χ4n) is 1.44. The molecule has 1 aromatic carbocycles. The number of benzene rings is 1. The number of pyridine rings is 1. The van der Waals surface area contributed by atoms with E-state index in [4.69, 9.17) is 16.7 Å². The number of rotatable bonds is 2. The summed E-state index contributed by atoms with van der Waals surface area (Å²) in [5.74, 6) is -2.59. The summed E-state index contributed by atoms with van der Waals surface area (Å²) in [5, 5.41) is 8.81. The number of aromatic nitrogens is 1. The third-order valence-electron chi connectivity index (χ3n) is 2.29. The summed E-state index contributed by atoms with van der Waals surface area (Å²) in [6.07, 6.45) is 1.09. The van der Waals surface area contributed by atoms with Crippen LogP contribution < -0.4 is 0 Å². The summed E-state index contributed by atoms with van der Waals surface area (Å²) in [6.45, 7) is 0. The Bertz CT molecular complexity index is 631. The lowest BCUT2D eigenvalue weighted by Gasteiger charge is -2.05. The summed E-state index contributed by atoms with van der Waals surface area (Å²) in [6, 6.07) is 3.95. The number of halogens is 3. The van der Waals surface area contributed by atoms with Gasteiger partial charge in [-0.15, -0.1) is 0 Å². The number of aromatic carboxylic acids is 1. The highest BCUT2D eigenvalue weighted by Gasteiger charge is 2.14. The highest BCUT2D eigenvalue weighted by atomic mass is 35.5. The van der Waals surface area contributed by atoms with Crippen molar-refractivity contribution in [2.45, 2.75) is 0 Å². The van der Waals surface area contributed by atoms with Crippen molar-refractivity contribution >= 4 is 17.6 Å². The minimum atomic E-state index is -1.26. The highest BCUT2D eigenvalue weighted by molar-refractivity contribution is 6.33. The molecule has 0 aliphatic carbocycles. The van der Waals surface area contributed by atoms with Gasteiger partial charge in [-0.05, 0) is 24.3 Å². The Labute approximate surface area is 106 Å². The van der Waals surface area contributed by atoms with Crippen molar-refractivity contribution in [3.05, 3.63) is 52.7 Å². The SMILES string of the molecule is O=C(O)c1cc(-c2cc(F)ccc2F)ncc1Cl. The van der Waals surface area contributed by atoms with Gasteiger partial charge in [0.1, 0.15) is 11.6 Å². The van der Waals surface area contributed by atoms with Gasteiger partial charge in [-0.25, -0.2) is 13.6 Å². The lowest BCUT2D eigenvalue weighted by Crippen LogP contribution is -2.00. The van der Waals surface area contributed by atoms with Crippen LogP contribution in [0, 0.1) is 11.6 Å². The van der Waals surface area contributed by atoms with E-state index in [1.165, 1.54) is 0 Å². The Kier molecular flexibility index (Phi) is 3.25. The van der Waals surface area contributed by atoms with Crippen molar-refractivity contribution in [3.63, 3.8) is 0 Å². The molecule has 0 aliphatic rings. The molecule has 92 valence electrons. The van der Waals surface area contributed by atoms with Crippen LogP contribution >= 0.6 is 11.6 Å². The van der Waals surface area contributed by atoms with Gasteiger partial charge in [-0.1, -0.05) is 11.6 Å². The molecule has 0 bridgehead atoms. The van der Waals surface area contributed by atoms with E-state index in [-0.39, 0.29) is 21.8 Å². The monoisotopic (exact) mass is 269 g/mol. The molecule has 0 amide bonds. The van der Waals surface area contributed by atoms with Crippen molar-refractivity contribution in [3.8, 4) is 11.3 Å². The van der Waals surface area contributed by atoms with Crippen LogP contribution in [0.5, 0.6) is 0 Å². The molecule has 2 rings (SSSR count). The highest BCUT2D eigenvalue weighted by Crippen LogP contribution is 2.25. The molecule has 18 heavy (non-hydrogen) atoms. The van der Waals surface area contributed by atoms with E-state index in [2.05, 4.69) is 4.98 Å². The zero-order chi connectivity index (χ0) is 13.3. The average molecular weight is 270 g/mol. The second-order valence-electron chi connectivity index (χ2n) is 3.48. The maximum atomic E-state index is 13.5. The molecule has 6 heteroatoms. The summed E-state index contributed by atoms with van der Waals surface area (Å²) in [5.41, 5.74) is -0.326. The molecule has 1 heterocycles. The fraction of sp³-hybridized carbons (Fsp3) is 0. The first kappa shape index (κ1) is 12.4. The van der Waals surface area contributed by atoms with Crippen LogP contribution in [0.15, 0.2) is 30.5 Å². The summed E-state index contributed by atoms with van der Waals surface area (Å²) in [7, 11) is 0.